The number of fused-ring (bicyclic) bond motifs is 1. The van der Waals surface area contributed by atoms with Crippen molar-refractivity contribution in [2.45, 2.75) is 25.9 Å². The van der Waals surface area contributed by atoms with E-state index < -0.39 is 0 Å². The van der Waals surface area contributed by atoms with E-state index in [-0.39, 0.29) is 12.0 Å². The van der Waals surface area contributed by atoms with E-state index in [1.54, 1.807) is 7.11 Å². The monoisotopic (exact) mass is 304 g/mol. The lowest BCUT2D eigenvalue weighted by Crippen LogP contribution is -2.40. The van der Waals surface area contributed by atoms with Crippen LogP contribution >= 0.6 is 11.3 Å². The van der Waals surface area contributed by atoms with E-state index in [4.69, 9.17) is 10.5 Å². The zero-order valence-electron chi connectivity index (χ0n) is 12.4. The fourth-order valence-corrected chi connectivity index (χ4v) is 4.01. The summed E-state index contributed by atoms with van der Waals surface area (Å²) in [7, 11) is 1.73. The van der Waals surface area contributed by atoms with Crippen LogP contribution in [0.5, 0.6) is 0 Å². The molecule has 1 amide bonds. The number of nitrogens with two attached hydrogens (primary N) is 1. The largest absolute Gasteiger partial charge is 0.397 e. The van der Waals surface area contributed by atoms with Crippen molar-refractivity contribution in [3.8, 4) is 0 Å². The first kappa shape index (κ1) is 14.4. The van der Waals surface area contributed by atoms with Crippen LogP contribution in [0.25, 0.3) is 10.1 Å². The van der Waals surface area contributed by atoms with Crippen LogP contribution < -0.4 is 5.73 Å². The Balaban J connectivity index is 1.86. The Labute approximate surface area is 128 Å². The van der Waals surface area contributed by atoms with Gasteiger partial charge in [0.05, 0.1) is 11.8 Å². The number of thiophene rings is 1. The van der Waals surface area contributed by atoms with Crippen LogP contribution in [-0.2, 0) is 4.74 Å². The molecule has 1 fully saturated rings. The average molecular weight is 304 g/mol. The van der Waals surface area contributed by atoms with E-state index >= 15 is 0 Å². The Kier molecular flexibility index (Phi) is 3.87. The summed E-state index contributed by atoms with van der Waals surface area (Å²) >= 11 is 1.50. The van der Waals surface area contributed by atoms with Crippen molar-refractivity contribution in [3.05, 3.63) is 28.6 Å². The van der Waals surface area contributed by atoms with E-state index in [2.05, 4.69) is 6.07 Å². The van der Waals surface area contributed by atoms with Crippen LogP contribution in [0.3, 0.4) is 0 Å². The number of amides is 1. The SMILES string of the molecule is COC1CCN(C(=O)c2sc3cc(C)ccc3c2N)CC1. The highest BCUT2D eigenvalue weighted by molar-refractivity contribution is 7.21. The number of nitrogens with zero attached hydrogens (tertiary/aromatic N) is 1. The van der Waals surface area contributed by atoms with Crippen LogP contribution in [0.2, 0.25) is 0 Å². The standard InChI is InChI=1S/C16H20N2O2S/c1-10-3-4-12-13(9-10)21-15(14(12)17)16(19)18-7-5-11(20-2)6-8-18/h3-4,9,11H,5-8,17H2,1-2H3. The Bertz CT molecular complexity index is 672. The maximum Gasteiger partial charge on any atom is 0.266 e. The number of benzene rings is 1. The normalized spacial score (nSPS) is 16.6. The molecular weight excluding hydrogens is 284 g/mol. The van der Waals surface area contributed by atoms with Gasteiger partial charge in [0.15, 0.2) is 0 Å². The zero-order valence-corrected chi connectivity index (χ0v) is 13.2. The van der Waals surface area contributed by atoms with E-state index in [1.807, 2.05) is 24.0 Å². The van der Waals surface area contributed by atoms with Gasteiger partial charge in [-0.3, -0.25) is 4.79 Å². The van der Waals surface area contributed by atoms with Gasteiger partial charge in [-0.2, -0.15) is 0 Å². The molecule has 0 spiro atoms. The molecule has 0 radical (unpaired) electrons. The molecule has 5 heteroatoms. The Hall–Kier alpha value is -1.59. The molecule has 2 aromatic rings. The van der Waals surface area contributed by atoms with Crippen molar-refractivity contribution in [2.24, 2.45) is 0 Å². The van der Waals surface area contributed by atoms with E-state index in [9.17, 15) is 4.79 Å². The zero-order chi connectivity index (χ0) is 15.0. The van der Waals surface area contributed by atoms with Gasteiger partial charge < -0.3 is 15.4 Å². The van der Waals surface area contributed by atoms with Gasteiger partial charge >= 0.3 is 0 Å². The lowest BCUT2D eigenvalue weighted by atomic mass is 10.1. The van der Waals surface area contributed by atoms with Gasteiger partial charge in [-0.1, -0.05) is 12.1 Å². The molecule has 1 aromatic heterocycles. The molecule has 0 unspecified atom stereocenters. The number of piperidine rings is 1. The number of likely N-dealkylation sites (tertiary alicyclic amines) is 1. The molecule has 4 nitrogen and oxygen atoms in total. The minimum absolute atomic E-state index is 0.0564. The van der Waals surface area contributed by atoms with Crippen LogP contribution in [0.15, 0.2) is 18.2 Å². The van der Waals surface area contributed by atoms with Crippen molar-refractivity contribution in [3.63, 3.8) is 0 Å². The van der Waals surface area contributed by atoms with E-state index in [0.717, 1.165) is 36.0 Å². The number of ether oxygens (including phenoxy) is 1. The molecule has 2 heterocycles. The molecule has 0 aliphatic carbocycles. The molecule has 0 atom stereocenters. The Morgan fingerprint density at radius 1 is 1.38 bits per heavy atom. The summed E-state index contributed by atoms with van der Waals surface area (Å²) in [5.41, 5.74) is 7.99. The maximum atomic E-state index is 12.7. The Morgan fingerprint density at radius 2 is 2.10 bits per heavy atom. The highest BCUT2D eigenvalue weighted by Crippen LogP contribution is 2.35. The van der Waals surface area contributed by atoms with Crippen molar-refractivity contribution in [1.82, 2.24) is 4.90 Å². The summed E-state index contributed by atoms with van der Waals surface area (Å²) in [5.74, 6) is 0.0564. The summed E-state index contributed by atoms with van der Waals surface area (Å²) in [6.45, 7) is 3.53. The Morgan fingerprint density at radius 3 is 2.76 bits per heavy atom. The number of hydrogen-bond acceptors (Lipinski definition) is 4. The first-order valence-corrected chi connectivity index (χ1v) is 8.02. The van der Waals surface area contributed by atoms with Crippen molar-refractivity contribution >= 4 is 33.0 Å². The number of anilines is 1. The predicted octanol–water partition coefficient (Wildman–Crippen LogP) is 3.04. The lowest BCUT2D eigenvalue weighted by molar-refractivity contribution is 0.0354. The lowest BCUT2D eigenvalue weighted by Gasteiger charge is -2.31. The van der Waals surface area contributed by atoms with Crippen molar-refractivity contribution < 1.29 is 9.53 Å². The molecule has 0 bridgehead atoms. The molecule has 3 rings (SSSR count). The molecule has 0 saturated carbocycles. The number of methoxy groups -OCH3 is 1. The van der Waals surface area contributed by atoms with Gasteiger partial charge in [0, 0.05) is 30.3 Å². The maximum absolute atomic E-state index is 12.7. The molecule has 1 aliphatic heterocycles. The molecule has 1 saturated heterocycles. The summed E-state index contributed by atoms with van der Waals surface area (Å²) in [6.07, 6.45) is 2.06. The fourth-order valence-electron chi connectivity index (χ4n) is 2.82. The third-order valence-corrected chi connectivity index (χ3v) is 5.30. The van der Waals surface area contributed by atoms with Crippen LogP contribution in [-0.4, -0.2) is 37.1 Å². The topological polar surface area (TPSA) is 55.6 Å². The van der Waals surface area contributed by atoms with Gasteiger partial charge in [-0.15, -0.1) is 11.3 Å². The quantitative estimate of drug-likeness (QED) is 0.928. The summed E-state index contributed by atoms with van der Waals surface area (Å²) in [5, 5.41) is 0.987. The minimum Gasteiger partial charge on any atom is -0.397 e. The summed E-state index contributed by atoms with van der Waals surface area (Å²) in [4.78, 5) is 15.3. The molecule has 21 heavy (non-hydrogen) atoms. The van der Waals surface area contributed by atoms with Gasteiger partial charge in [0.1, 0.15) is 4.88 Å². The first-order valence-electron chi connectivity index (χ1n) is 7.21. The van der Waals surface area contributed by atoms with Gasteiger partial charge in [0.25, 0.3) is 5.91 Å². The van der Waals surface area contributed by atoms with Gasteiger partial charge in [-0.05, 0) is 31.4 Å². The highest BCUT2D eigenvalue weighted by Gasteiger charge is 2.26. The molecule has 2 N–H and O–H groups in total. The van der Waals surface area contributed by atoms with Crippen LogP contribution in [0, 0.1) is 6.92 Å². The number of nitrogen functional groups attached to an aromatic ring is 1. The molecule has 1 aromatic carbocycles. The third-order valence-electron chi connectivity index (χ3n) is 4.14. The highest BCUT2D eigenvalue weighted by atomic mass is 32.1. The fraction of sp³-hybridized carbons (Fsp3) is 0.438. The minimum atomic E-state index is 0.0564. The van der Waals surface area contributed by atoms with Crippen LogP contribution in [0.1, 0.15) is 28.1 Å². The molecular formula is C16H20N2O2S. The van der Waals surface area contributed by atoms with Gasteiger partial charge in [-0.25, -0.2) is 0 Å². The van der Waals surface area contributed by atoms with Gasteiger partial charge in [0.2, 0.25) is 0 Å². The van der Waals surface area contributed by atoms with Crippen molar-refractivity contribution in [2.75, 3.05) is 25.9 Å². The number of carbonyl (C=O) groups excluding carboxylic acids is 1. The van der Waals surface area contributed by atoms with E-state index in [0.29, 0.717) is 10.6 Å². The number of hydrogen-bond donors (Lipinski definition) is 1. The summed E-state index contributed by atoms with van der Waals surface area (Å²) in [6, 6.07) is 6.12. The third kappa shape index (κ3) is 2.63. The van der Waals surface area contributed by atoms with Crippen LogP contribution in [0.4, 0.5) is 5.69 Å². The predicted molar refractivity (Wildman–Crippen MR) is 86.9 cm³/mol. The second-order valence-electron chi connectivity index (χ2n) is 5.57. The second-order valence-corrected chi connectivity index (χ2v) is 6.62. The number of carbonyl (C=O) groups is 1. The number of rotatable bonds is 2. The molecule has 112 valence electrons. The number of aryl methyl sites for hydroxylation is 1. The summed E-state index contributed by atoms with van der Waals surface area (Å²) < 4.78 is 6.44. The van der Waals surface area contributed by atoms with E-state index in [1.165, 1.54) is 16.9 Å². The first-order chi connectivity index (χ1) is 10.1. The average Bonchev–Trinajstić information content (AvgIpc) is 2.83. The second kappa shape index (κ2) is 5.66. The smallest absolute Gasteiger partial charge is 0.266 e. The molecule has 1 aliphatic rings. The van der Waals surface area contributed by atoms with Crippen molar-refractivity contribution in [1.29, 1.82) is 0 Å².